The molecular weight excluding hydrogens is 400 g/mol. The summed E-state index contributed by atoms with van der Waals surface area (Å²) in [6, 6.07) is 22.2. The highest BCUT2D eigenvalue weighted by Gasteiger charge is 2.37. The minimum absolute atomic E-state index is 0.0957. The van der Waals surface area contributed by atoms with E-state index < -0.39 is 0 Å². The minimum atomic E-state index is 0.0957. The molecule has 2 aliphatic rings. The molecule has 0 bridgehead atoms. The van der Waals surface area contributed by atoms with E-state index in [1.807, 2.05) is 82.2 Å². The van der Waals surface area contributed by atoms with E-state index >= 15 is 0 Å². The molecule has 0 atom stereocenters. The maximum Gasteiger partial charge on any atom is 0.270 e. The predicted molar refractivity (Wildman–Crippen MR) is 124 cm³/mol. The summed E-state index contributed by atoms with van der Waals surface area (Å²) >= 11 is 0. The van der Waals surface area contributed by atoms with Crippen molar-refractivity contribution in [2.24, 2.45) is 7.05 Å². The average molecular weight is 429 g/mol. The number of hydrogen-bond donors (Lipinski definition) is 0. The van der Waals surface area contributed by atoms with Gasteiger partial charge >= 0.3 is 0 Å². The van der Waals surface area contributed by atoms with Gasteiger partial charge in [-0.3, -0.25) is 14.5 Å². The molecule has 6 heteroatoms. The van der Waals surface area contributed by atoms with Crippen LogP contribution in [0.4, 0.5) is 0 Å². The van der Waals surface area contributed by atoms with Gasteiger partial charge in [-0.15, -0.1) is 0 Å². The van der Waals surface area contributed by atoms with Crippen LogP contribution in [0.1, 0.15) is 20.8 Å². The SMILES string of the molecule is Cn1cccc1C(=O)N1CCN(C2CN(C(=O)c3ccc(-c4ccccc4)cc3)C2)CC1. The Balaban J connectivity index is 1.12. The van der Waals surface area contributed by atoms with Crippen molar-refractivity contribution in [2.75, 3.05) is 39.3 Å². The van der Waals surface area contributed by atoms with Crippen LogP contribution in [0, 0.1) is 0 Å². The molecule has 164 valence electrons. The van der Waals surface area contributed by atoms with Gasteiger partial charge in [0.25, 0.3) is 11.8 Å². The highest BCUT2D eigenvalue weighted by Crippen LogP contribution is 2.23. The fourth-order valence-corrected chi connectivity index (χ4v) is 4.61. The molecule has 2 amide bonds. The highest BCUT2D eigenvalue weighted by molar-refractivity contribution is 5.95. The maximum absolute atomic E-state index is 12.9. The van der Waals surface area contributed by atoms with Crippen molar-refractivity contribution in [1.82, 2.24) is 19.3 Å². The lowest BCUT2D eigenvalue weighted by Crippen LogP contribution is -2.64. The first-order chi connectivity index (χ1) is 15.6. The standard InChI is InChI=1S/C26H28N4O2/c1-27-13-5-8-24(27)26(32)29-16-14-28(15-17-29)23-18-30(19-23)25(31)22-11-9-21(10-12-22)20-6-3-2-4-7-20/h2-13,23H,14-19H2,1H3. The highest BCUT2D eigenvalue weighted by atomic mass is 16.2. The third kappa shape index (κ3) is 3.94. The van der Waals surface area contributed by atoms with E-state index in [0.717, 1.165) is 61.7 Å². The molecule has 32 heavy (non-hydrogen) atoms. The van der Waals surface area contributed by atoms with Crippen LogP contribution in [-0.2, 0) is 7.05 Å². The van der Waals surface area contributed by atoms with Gasteiger partial charge in [-0.25, -0.2) is 0 Å². The Hall–Kier alpha value is -3.38. The summed E-state index contributed by atoms with van der Waals surface area (Å²) in [6.07, 6.45) is 1.90. The van der Waals surface area contributed by atoms with E-state index in [1.54, 1.807) is 0 Å². The van der Waals surface area contributed by atoms with E-state index in [9.17, 15) is 9.59 Å². The van der Waals surface area contributed by atoms with Crippen molar-refractivity contribution < 1.29 is 9.59 Å². The number of rotatable bonds is 4. The summed E-state index contributed by atoms with van der Waals surface area (Å²) in [5, 5.41) is 0. The molecule has 0 radical (unpaired) electrons. The Morgan fingerprint density at radius 3 is 2.00 bits per heavy atom. The molecule has 5 rings (SSSR count). The number of aromatic nitrogens is 1. The summed E-state index contributed by atoms with van der Waals surface area (Å²) < 4.78 is 1.87. The van der Waals surface area contributed by atoms with Crippen LogP contribution in [0.2, 0.25) is 0 Å². The number of benzene rings is 2. The van der Waals surface area contributed by atoms with Gasteiger partial charge in [-0.05, 0) is 35.4 Å². The number of piperazine rings is 1. The van der Waals surface area contributed by atoms with Crippen molar-refractivity contribution in [1.29, 1.82) is 0 Å². The first-order valence-corrected chi connectivity index (χ1v) is 11.2. The Morgan fingerprint density at radius 2 is 1.38 bits per heavy atom. The van der Waals surface area contributed by atoms with Crippen LogP contribution >= 0.6 is 0 Å². The maximum atomic E-state index is 12.9. The zero-order chi connectivity index (χ0) is 22.1. The van der Waals surface area contributed by atoms with Crippen molar-refractivity contribution in [2.45, 2.75) is 6.04 Å². The molecule has 6 nitrogen and oxygen atoms in total. The third-order valence-electron chi connectivity index (χ3n) is 6.67. The summed E-state index contributed by atoms with van der Waals surface area (Å²) in [7, 11) is 1.90. The summed E-state index contributed by atoms with van der Waals surface area (Å²) in [4.78, 5) is 31.8. The Bertz CT molecular complexity index is 1090. The molecule has 2 aromatic carbocycles. The van der Waals surface area contributed by atoms with E-state index in [-0.39, 0.29) is 11.8 Å². The van der Waals surface area contributed by atoms with E-state index in [4.69, 9.17) is 0 Å². The van der Waals surface area contributed by atoms with Crippen LogP contribution in [0.3, 0.4) is 0 Å². The summed E-state index contributed by atoms with van der Waals surface area (Å²) in [5.74, 6) is 0.194. The van der Waals surface area contributed by atoms with Gasteiger partial charge in [0.05, 0.1) is 0 Å². The number of carbonyl (C=O) groups is 2. The number of hydrogen-bond acceptors (Lipinski definition) is 3. The smallest absolute Gasteiger partial charge is 0.270 e. The third-order valence-corrected chi connectivity index (χ3v) is 6.67. The van der Waals surface area contributed by atoms with E-state index in [2.05, 4.69) is 17.0 Å². The lowest BCUT2D eigenvalue weighted by atomic mass is 10.0. The molecule has 0 saturated carbocycles. The van der Waals surface area contributed by atoms with Gasteiger partial charge in [0.1, 0.15) is 5.69 Å². The molecule has 2 fully saturated rings. The largest absolute Gasteiger partial charge is 0.347 e. The van der Waals surface area contributed by atoms with Crippen molar-refractivity contribution in [3.05, 3.63) is 84.2 Å². The first-order valence-electron chi connectivity index (χ1n) is 11.2. The van der Waals surface area contributed by atoms with Crippen LogP contribution < -0.4 is 0 Å². The van der Waals surface area contributed by atoms with Crippen molar-refractivity contribution >= 4 is 11.8 Å². The predicted octanol–water partition coefficient (Wildman–Crippen LogP) is 2.97. The molecule has 2 saturated heterocycles. The molecular formula is C26H28N4O2. The van der Waals surface area contributed by atoms with Crippen LogP contribution in [0.5, 0.6) is 0 Å². The zero-order valence-electron chi connectivity index (χ0n) is 18.4. The molecule has 2 aliphatic heterocycles. The second-order valence-electron chi connectivity index (χ2n) is 8.64. The molecule has 1 aromatic heterocycles. The lowest BCUT2D eigenvalue weighted by Gasteiger charge is -2.48. The molecule has 0 unspecified atom stereocenters. The number of amides is 2. The molecule has 0 aliphatic carbocycles. The van der Waals surface area contributed by atoms with Crippen LogP contribution in [0.15, 0.2) is 72.9 Å². The van der Waals surface area contributed by atoms with E-state index in [1.165, 1.54) is 0 Å². The minimum Gasteiger partial charge on any atom is -0.347 e. The van der Waals surface area contributed by atoms with Gasteiger partial charge in [0.2, 0.25) is 0 Å². The van der Waals surface area contributed by atoms with Gasteiger partial charge in [-0.2, -0.15) is 0 Å². The Morgan fingerprint density at radius 1 is 0.719 bits per heavy atom. The lowest BCUT2D eigenvalue weighted by molar-refractivity contribution is 0.00836. The number of likely N-dealkylation sites (tertiary alicyclic amines) is 1. The normalized spacial score (nSPS) is 17.3. The summed E-state index contributed by atoms with van der Waals surface area (Å²) in [5.41, 5.74) is 3.74. The second kappa shape index (κ2) is 8.63. The van der Waals surface area contributed by atoms with Gasteiger partial charge in [-0.1, -0.05) is 42.5 Å². The number of aryl methyl sites for hydroxylation is 1. The number of nitrogens with zero attached hydrogens (tertiary/aromatic N) is 4. The Labute approximate surface area is 188 Å². The van der Waals surface area contributed by atoms with Crippen molar-refractivity contribution in [3.63, 3.8) is 0 Å². The van der Waals surface area contributed by atoms with Gasteiger partial charge < -0.3 is 14.4 Å². The zero-order valence-corrected chi connectivity index (χ0v) is 18.4. The first kappa shape index (κ1) is 20.5. The molecule has 0 N–H and O–H groups in total. The summed E-state index contributed by atoms with van der Waals surface area (Å²) in [6.45, 7) is 4.68. The molecule has 0 spiro atoms. The van der Waals surface area contributed by atoms with E-state index in [0.29, 0.717) is 6.04 Å². The fraction of sp³-hybridized carbons (Fsp3) is 0.308. The fourth-order valence-electron chi connectivity index (χ4n) is 4.61. The quantitative estimate of drug-likeness (QED) is 0.642. The van der Waals surface area contributed by atoms with Crippen molar-refractivity contribution in [3.8, 4) is 11.1 Å². The Kier molecular flexibility index (Phi) is 5.53. The molecule has 3 heterocycles. The average Bonchev–Trinajstić information content (AvgIpc) is 3.24. The van der Waals surface area contributed by atoms with Gasteiger partial charge in [0, 0.05) is 64.1 Å². The number of carbonyl (C=O) groups excluding carboxylic acids is 2. The van der Waals surface area contributed by atoms with Crippen LogP contribution in [0.25, 0.3) is 11.1 Å². The monoisotopic (exact) mass is 428 g/mol. The van der Waals surface area contributed by atoms with Crippen LogP contribution in [-0.4, -0.2) is 76.4 Å². The topological polar surface area (TPSA) is 48.8 Å². The second-order valence-corrected chi connectivity index (χ2v) is 8.64. The van der Waals surface area contributed by atoms with Gasteiger partial charge in [0.15, 0.2) is 0 Å². The molecule has 3 aromatic rings.